The molecule has 2 atom stereocenters. The van der Waals surface area contributed by atoms with Crippen molar-refractivity contribution < 1.29 is 0 Å². The second-order valence-corrected chi connectivity index (χ2v) is 7.86. The van der Waals surface area contributed by atoms with E-state index in [1.54, 1.807) is 12.8 Å². The Morgan fingerprint density at radius 2 is 1.53 bits per heavy atom. The molecule has 2 aliphatic heterocycles. The molecule has 2 heteroatoms. The van der Waals surface area contributed by atoms with Crippen LogP contribution in [0.4, 0.5) is 0 Å². The SMILES string of the molecule is C1CCC2(C1)CCC(N1CCC3CCC(C1)N3)CC2. The maximum atomic E-state index is 3.83. The minimum atomic E-state index is 0.805. The lowest BCUT2D eigenvalue weighted by molar-refractivity contribution is 0.0876. The lowest BCUT2D eigenvalue weighted by atomic mass is 9.71. The summed E-state index contributed by atoms with van der Waals surface area (Å²) < 4.78 is 0. The Morgan fingerprint density at radius 3 is 2.32 bits per heavy atom. The smallest absolute Gasteiger partial charge is 0.0198 e. The van der Waals surface area contributed by atoms with Crippen molar-refractivity contribution in [2.75, 3.05) is 13.1 Å². The van der Waals surface area contributed by atoms with Crippen molar-refractivity contribution in [3.8, 4) is 0 Å². The average Bonchev–Trinajstić information content (AvgIpc) is 2.99. The maximum absolute atomic E-state index is 3.83. The van der Waals surface area contributed by atoms with E-state index >= 15 is 0 Å². The zero-order valence-electron chi connectivity index (χ0n) is 12.4. The fourth-order valence-electron chi connectivity index (χ4n) is 5.51. The molecule has 4 aliphatic rings. The summed E-state index contributed by atoms with van der Waals surface area (Å²) in [6.45, 7) is 2.71. The lowest BCUT2D eigenvalue weighted by Crippen LogP contribution is -2.44. The van der Waals surface area contributed by atoms with Gasteiger partial charge in [-0.1, -0.05) is 12.8 Å². The summed E-state index contributed by atoms with van der Waals surface area (Å²) in [6.07, 6.45) is 16.5. The second kappa shape index (κ2) is 5.04. The summed E-state index contributed by atoms with van der Waals surface area (Å²) in [5, 5.41) is 3.83. The fourth-order valence-corrected chi connectivity index (χ4v) is 5.51. The highest BCUT2D eigenvalue weighted by Gasteiger charge is 2.40. The summed E-state index contributed by atoms with van der Waals surface area (Å²) in [7, 11) is 0. The van der Waals surface area contributed by atoms with Crippen LogP contribution in [0.3, 0.4) is 0 Å². The van der Waals surface area contributed by atoms with Crippen LogP contribution >= 0.6 is 0 Å². The Bertz CT molecular complexity index is 311. The summed E-state index contributed by atoms with van der Waals surface area (Å²) in [6, 6.07) is 2.59. The largest absolute Gasteiger partial charge is 0.310 e. The van der Waals surface area contributed by atoms with Crippen LogP contribution < -0.4 is 5.32 Å². The molecule has 0 aromatic carbocycles. The van der Waals surface area contributed by atoms with Gasteiger partial charge in [-0.3, -0.25) is 4.90 Å². The van der Waals surface area contributed by atoms with Gasteiger partial charge in [0.15, 0.2) is 0 Å². The molecule has 108 valence electrons. The van der Waals surface area contributed by atoms with Crippen LogP contribution in [0.5, 0.6) is 0 Å². The Hall–Kier alpha value is -0.0800. The first kappa shape index (κ1) is 12.6. The molecule has 0 amide bonds. The molecule has 2 unspecified atom stereocenters. The standard InChI is InChI=1S/C17H30N2/c1-2-9-17(8-1)10-5-16(6-11-17)19-12-7-14-3-4-15(13-19)18-14/h14-16,18H,1-13H2. The molecule has 19 heavy (non-hydrogen) atoms. The first-order chi connectivity index (χ1) is 9.33. The van der Waals surface area contributed by atoms with Crippen LogP contribution in [0, 0.1) is 5.41 Å². The van der Waals surface area contributed by atoms with Crippen LogP contribution in [0.15, 0.2) is 0 Å². The molecule has 4 rings (SSSR count). The van der Waals surface area contributed by atoms with Gasteiger partial charge in [0, 0.05) is 24.7 Å². The molecular formula is C17H30N2. The average molecular weight is 262 g/mol. The Morgan fingerprint density at radius 1 is 0.789 bits per heavy atom. The summed E-state index contributed by atoms with van der Waals surface area (Å²) in [4.78, 5) is 2.86. The molecule has 2 bridgehead atoms. The minimum absolute atomic E-state index is 0.805. The minimum Gasteiger partial charge on any atom is -0.310 e. The molecule has 2 nitrogen and oxygen atoms in total. The van der Waals surface area contributed by atoms with Gasteiger partial charge in [-0.2, -0.15) is 0 Å². The molecule has 1 N–H and O–H groups in total. The number of hydrogen-bond donors (Lipinski definition) is 1. The van der Waals surface area contributed by atoms with Crippen LogP contribution in [0.25, 0.3) is 0 Å². The molecule has 4 fully saturated rings. The zero-order chi connectivity index (χ0) is 12.7. The van der Waals surface area contributed by atoms with Crippen LogP contribution in [-0.2, 0) is 0 Å². The van der Waals surface area contributed by atoms with E-state index in [0.29, 0.717) is 0 Å². The molecule has 0 aromatic heterocycles. The number of fused-ring (bicyclic) bond motifs is 2. The monoisotopic (exact) mass is 262 g/mol. The number of hydrogen-bond acceptors (Lipinski definition) is 2. The first-order valence-electron chi connectivity index (χ1n) is 8.83. The highest BCUT2D eigenvalue weighted by Crippen LogP contribution is 2.49. The van der Waals surface area contributed by atoms with E-state index in [1.165, 1.54) is 70.9 Å². The summed E-state index contributed by atoms with van der Waals surface area (Å²) in [5.74, 6) is 0. The summed E-state index contributed by atoms with van der Waals surface area (Å²) in [5.41, 5.74) is 0.805. The van der Waals surface area contributed by atoms with Crippen molar-refractivity contribution in [3.63, 3.8) is 0 Å². The zero-order valence-corrected chi connectivity index (χ0v) is 12.4. The summed E-state index contributed by atoms with van der Waals surface area (Å²) >= 11 is 0. The van der Waals surface area contributed by atoms with E-state index < -0.39 is 0 Å². The van der Waals surface area contributed by atoms with Crippen molar-refractivity contribution in [1.29, 1.82) is 0 Å². The fraction of sp³-hybridized carbons (Fsp3) is 1.00. The van der Waals surface area contributed by atoms with Crippen molar-refractivity contribution >= 4 is 0 Å². The van der Waals surface area contributed by atoms with Gasteiger partial charge in [-0.25, -0.2) is 0 Å². The van der Waals surface area contributed by atoms with Crippen LogP contribution in [0.1, 0.15) is 70.6 Å². The number of nitrogens with zero attached hydrogens (tertiary/aromatic N) is 1. The van der Waals surface area contributed by atoms with Gasteiger partial charge in [0.25, 0.3) is 0 Å². The quantitative estimate of drug-likeness (QED) is 0.780. The Kier molecular flexibility index (Phi) is 3.35. The van der Waals surface area contributed by atoms with Gasteiger partial charge in [0.1, 0.15) is 0 Å². The van der Waals surface area contributed by atoms with Gasteiger partial charge in [-0.05, 0) is 69.7 Å². The van der Waals surface area contributed by atoms with Crippen molar-refractivity contribution in [3.05, 3.63) is 0 Å². The van der Waals surface area contributed by atoms with Crippen LogP contribution in [0.2, 0.25) is 0 Å². The third-order valence-electron chi connectivity index (χ3n) is 6.75. The number of likely N-dealkylation sites (tertiary alicyclic amines) is 1. The Balaban J connectivity index is 1.36. The normalized spacial score (nSPS) is 39.8. The molecule has 2 saturated heterocycles. The third-order valence-corrected chi connectivity index (χ3v) is 6.75. The van der Waals surface area contributed by atoms with Crippen molar-refractivity contribution in [2.24, 2.45) is 5.41 Å². The van der Waals surface area contributed by atoms with E-state index in [9.17, 15) is 0 Å². The molecule has 0 aromatic rings. The van der Waals surface area contributed by atoms with Crippen molar-refractivity contribution in [1.82, 2.24) is 10.2 Å². The van der Waals surface area contributed by atoms with Crippen molar-refractivity contribution in [2.45, 2.75) is 88.8 Å². The molecule has 2 heterocycles. The highest BCUT2D eigenvalue weighted by atomic mass is 15.2. The predicted molar refractivity (Wildman–Crippen MR) is 79.3 cm³/mol. The van der Waals surface area contributed by atoms with Gasteiger partial charge >= 0.3 is 0 Å². The van der Waals surface area contributed by atoms with E-state index in [2.05, 4.69) is 10.2 Å². The van der Waals surface area contributed by atoms with Crippen LogP contribution in [-0.4, -0.2) is 36.1 Å². The van der Waals surface area contributed by atoms with Gasteiger partial charge in [0.2, 0.25) is 0 Å². The molecule has 2 saturated carbocycles. The van der Waals surface area contributed by atoms with Gasteiger partial charge in [0.05, 0.1) is 0 Å². The molecule has 2 aliphatic carbocycles. The third kappa shape index (κ3) is 2.47. The number of rotatable bonds is 1. The van der Waals surface area contributed by atoms with E-state index in [1.807, 2.05) is 0 Å². The van der Waals surface area contributed by atoms with Gasteiger partial charge < -0.3 is 5.32 Å². The van der Waals surface area contributed by atoms with Gasteiger partial charge in [-0.15, -0.1) is 0 Å². The topological polar surface area (TPSA) is 15.3 Å². The molecule has 0 radical (unpaired) electrons. The second-order valence-electron chi connectivity index (χ2n) is 7.86. The van der Waals surface area contributed by atoms with E-state index in [0.717, 1.165) is 23.5 Å². The molecular weight excluding hydrogens is 232 g/mol. The molecule has 1 spiro atoms. The van der Waals surface area contributed by atoms with E-state index in [4.69, 9.17) is 0 Å². The Labute approximate surface area is 118 Å². The predicted octanol–water partition coefficient (Wildman–Crippen LogP) is 3.32. The highest BCUT2D eigenvalue weighted by molar-refractivity contribution is 4.95. The maximum Gasteiger partial charge on any atom is 0.0198 e. The number of nitrogens with one attached hydrogen (secondary N) is 1. The van der Waals surface area contributed by atoms with E-state index in [-0.39, 0.29) is 0 Å². The first-order valence-corrected chi connectivity index (χ1v) is 8.83. The lowest BCUT2D eigenvalue weighted by Gasteiger charge is -2.42.